The van der Waals surface area contributed by atoms with Crippen molar-refractivity contribution < 1.29 is 4.39 Å². The molecule has 1 aromatic heterocycles. The van der Waals surface area contributed by atoms with Gasteiger partial charge in [0.25, 0.3) is 0 Å². The van der Waals surface area contributed by atoms with E-state index in [2.05, 4.69) is 24.0 Å². The lowest BCUT2D eigenvalue weighted by Gasteiger charge is -2.09. The molecular weight excluding hydrogens is 310 g/mol. The molecule has 0 bridgehead atoms. The Bertz CT molecular complexity index is 811. The van der Waals surface area contributed by atoms with Crippen molar-refractivity contribution in [2.24, 2.45) is 0 Å². The molecule has 0 fully saturated rings. The van der Waals surface area contributed by atoms with Crippen LogP contribution in [0.5, 0.6) is 0 Å². The van der Waals surface area contributed by atoms with Crippen LogP contribution < -0.4 is 0 Å². The van der Waals surface area contributed by atoms with Gasteiger partial charge in [0.05, 0.1) is 21.9 Å². The van der Waals surface area contributed by atoms with E-state index < -0.39 is 5.82 Å². The lowest BCUT2D eigenvalue weighted by molar-refractivity contribution is 0.629. The first-order chi connectivity index (χ1) is 10.1. The maximum absolute atomic E-state index is 13.8. The minimum absolute atomic E-state index is 0.0654. The third-order valence-electron chi connectivity index (χ3n) is 3.46. The zero-order chi connectivity index (χ0) is 15.0. The monoisotopic (exact) mass is 322 g/mol. The molecular formula is C16H13Cl2FN2. The summed E-state index contributed by atoms with van der Waals surface area (Å²) in [5, 5.41) is 0.0654. The Kier molecular flexibility index (Phi) is 3.87. The quantitative estimate of drug-likeness (QED) is 0.612. The Hall–Kier alpha value is -1.58. The van der Waals surface area contributed by atoms with E-state index in [1.54, 1.807) is 0 Å². The summed E-state index contributed by atoms with van der Waals surface area (Å²) in [7, 11) is 0. The fourth-order valence-corrected chi connectivity index (χ4v) is 2.75. The first-order valence-corrected chi connectivity index (χ1v) is 7.57. The summed E-state index contributed by atoms with van der Waals surface area (Å²) in [6.07, 6.45) is 0.927. The van der Waals surface area contributed by atoms with Crippen molar-refractivity contribution in [3.63, 3.8) is 0 Å². The van der Waals surface area contributed by atoms with Crippen LogP contribution in [-0.2, 0) is 12.3 Å². The molecule has 0 N–H and O–H groups in total. The Labute approximate surface area is 132 Å². The molecule has 3 aromatic rings. The van der Waals surface area contributed by atoms with E-state index in [1.165, 1.54) is 17.7 Å². The molecule has 2 aromatic carbocycles. The fraction of sp³-hybridized carbons (Fsp3) is 0.188. The van der Waals surface area contributed by atoms with Crippen LogP contribution in [0, 0.1) is 5.82 Å². The number of hydrogen-bond donors (Lipinski definition) is 0. The number of alkyl halides is 1. The smallest absolute Gasteiger partial charge is 0.144 e. The highest BCUT2D eigenvalue weighted by Gasteiger charge is 2.14. The lowest BCUT2D eigenvalue weighted by atomic mass is 10.1. The second kappa shape index (κ2) is 5.66. The molecule has 0 unspecified atom stereocenters. The SMILES string of the molecule is CCc1cccc(-n2c(CCl)nc3cc(Cl)c(F)cc32)c1. The molecule has 0 radical (unpaired) electrons. The van der Waals surface area contributed by atoms with E-state index >= 15 is 0 Å². The summed E-state index contributed by atoms with van der Waals surface area (Å²) in [6, 6.07) is 11.0. The average Bonchev–Trinajstić information content (AvgIpc) is 2.85. The van der Waals surface area contributed by atoms with Gasteiger partial charge in [0.2, 0.25) is 0 Å². The number of nitrogens with zero attached hydrogens (tertiary/aromatic N) is 2. The van der Waals surface area contributed by atoms with E-state index in [9.17, 15) is 4.39 Å². The second-order valence-corrected chi connectivity index (χ2v) is 5.45. The van der Waals surface area contributed by atoms with Crippen LogP contribution in [0.2, 0.25) is 5.02 Å². The van der Waals surface area contributed by atoms with Gasteiger partial charge in [-0.25, -0.2) is 9.37 Å². The van der Waals surface area contributed by atoms with Crippen molar-refractivity contribution in [3.8, 4) is 5.69 Å². The van der Waals surface area contributed by atoms with Gasteiger partial charge in [-0.3, -0.25) is 4.57 Å². The molecule has 0 aliphatic rings. The second-order valence-electron chi connectivity index (χ2n) is 4.78. The van der Waals surface area contributed by atoms with Gasteiger partial charge in [0.15, 0.2) is 0 Å². The van der Waals surface area contributed by atoms with Gasteiger partial charge in [0, 0.05) is 11.8 Å². The predicted octanol–water partition coefficient (Wildman–Crippen LogP) is 5.12. The predicted molar refractivity (Wildman–Crippen MR) is 85.0 cm³/mol. The van der Waals surface area contributed by atoms with Crippen molar-refractivity contribution in [2.45, 2.75) is 19.2 Å². The van der Waals surface area contributed by atoms with Crippen LogP contribution in [0.4, 0.5) is 4.39 Å². The van der Waals surface area contributed by atoms with E-state index in [-0.39, 0.29) is 10.9 Å². The Balaban J connectivity index is 2.31. The van der Waals surface area contributed by atoms with E-state index in [4.69, 9.17) is 23.2 Å². The van der Waals surface area contributed by atoms with Crippen LogP contribution in [0.1, 0.15) is 18.3 Å². The summed E-state index contributed by atoms with van der Waals surface area (Å²) < 4.78 is 15.7. The lowest BCUT2D eigenvalue weighted by Crippen LogP contribution is -2.00. The van der Waals surface area contributed by atoms with Crippen LogP contribution in [0.15, 0.2) is 36.4 Å². The average molecular weight is 323 g/mol. The molecule has 0 saturated heterocycles. The molecule has 0 aliphatic carbocycles. The maximum atomic E-state index is 13.8. The number of fused-ring (bicyclic) bond motifs is 1. The summed E-state index contributed by atoms with van der Waals surface area (Å²) in [5.41, 5.74) is 3.43. The van der Waals surface area contributed by atoms with Crippen LogP contribution in [-0.4, -0.2) is 9.55 Å². The molecule has 5 heteroatoms. The Morgan fingerprint density at radius 3 is 2.76 bits per heavy atom. The number of aromatic nitrogens is 2. The van der Waals surface area contributed by atoms with Crippen LogP contribution in [0.25, 0.3) is 16.7 Å². The third kappa shape index (κ3) is 2.52. The van der Waals surface area contributed by atoms with Gasteiger partial charge in [-0.2, -0.15) is 0 Å². The molecule has 0 aliphatic heterocycles. The summed E-state index contributed by atoms with van der Waals surface area (Å²) >= 11 is 11.8. The molecule has 2 nitrogen and oxygen atoms in total. The largest absolute Gasteiger partial charge is 0.295 e. The van der Waals surface area contributed by atoms with Crippen molar-refractivity contribution in [1.29, 1.82) is 0 Å². The van der Waals surface area contributed by atoms with Gasteiger partial charge in [-0.05, 0) is 30.2 Å². The van der Waals surface area contributed by atoms with E-state index in [0.717, 1.165) is 12.1 Å². The molecule has 21 heavy (non-hydrogen) atoms. The van der Waals surface area contributed by atoms with E-state index in [1.807, 2.05) is 16.7 Å². The van der Waals surface area contributed by atoms with Crippen molar-refractivity contribution >= 4 is 34.2 Å². The number of rotatable bonds is 3. The third-order valence-corrected chi connectivity index (χ3v) is 3.99. The highest BCUT2D eigenvalue weighted by molar-refractivity contribution is 6.31. The van der Waals surface area contributed by atoms with Crippen molar-refractivity contribution in [2.75, 3.05) is 0 Å². The Morgan fingerprint density at radius 1 is 1.24 bits per heavy atom. The number of imidazole rings is 1. The molecule has 0 saturated carbocycles. The molecule has 0 spiro atoms. The zero-order valence-electron chi connectivity index (χ0n) is 11.4. The van der Waals surface area contributed by atoms with Gasteiger partial charge in [0.1, 0.15) is 11.6 Å². The molecule has 108 valence electrons. The van der Waals surface area contributed by atoms with Gasteiger partial charge >= 0.3 is 0 Å². The summed E-state index contributed by atoms with van der Waals surface area (Å²) in [4.78, 5) is 4.44. The Morgan fingerprint density at radius 2 is 2.05 bits per heavy atom. The number of hydrogen-bond acceptors (Lipinski definition) is 1. The number of benzene rings is 2. The summed E-state index contributed by atoms with van der Waals surface area (Å²) in [5.74, 6) is 0.448. The highest BCUT2D eigenvalue weighted by Crippen LogP contribution is 2.27. The normalized spacial score (nSPS) is 11.2. The zero-order valence-corrected chi connectivity index (χ0v) is 12.9. The minimum Gasteiger partial charge on any atom is -0.295 e. The van der Waals surface area contributed by atoms with Crippen molar-refractivity contribution in [1.82, 2.24) is 9.55 Å². The van der Waals surface area contributed by atoms with Gasteiger partial charge < -0.3 is 0 Å². The highest BCUT2D eigenvalue weighted by atomic mass is 35.5. The first kappa shape index (κ1) is 14.4. The first-order valence-electron chi connectivity index (χ1n) is 6.65. The van der Waals surface area contributed by atoms with Gasteiger partial charge in [-0.1, -0.05) is 30.7 Å². The van der Waals surface area contributed by atoms with Crippen LogP contribution >= 0.6 is 23.2 Å². The molecule has 1 heterocycles. The van der Waals surface area contributed by atoms with Gasteiger partial charge in [-0.15, -0.1) is 11.6 Å². The van der Waals surface area contributed by atoms with Crippen molar-refractivity contribution in [3.05, 3.63) is 58.6 Å². The van der Waals surface area contributed by atoms with E-state index in [0.29, 0.717) is 16.9 Å². The molecule has 3 rings (SSSR count). The standard InChI is InChI=1S/C16H13Cl2FN2/c1-2-10-4-3-5-11(6-10)21-15-8-13(19)12(18)7-14(15)20-16(21)9-17/h3-8H,2,9H2,1H3. The summed E-state index contributed by atoms with van der Waals surface area (Å²) in [6.45, 7) is 2.09. The number of halogens is 3. The van der Waals surface area contributed by atoms with Crippen LogP contribution in [0.3, 0.4) is 0 Å². The number of aryl methyl sites for hydroxylation is 1. The fourth-order valence-electron chi connectivity index (χ4n) is 2.42. The minimum atomic E-state index is -0.460. The topological polar surface area (TPSA) is 17.8 Å². The maximum Gasteiger partial charge on any atom is 0.144 e. The molecule has 0 atom stereocenters. The molecule has 0 amide bonds.